The zero-order valence-corrected chi connectivity index (χ0v) is 14.4. The van der Waals surface area contributed by atoms with Crippen molar-refractivity contribution in [1.29, 1.82) is 0 Å². The second-order valence-corrected chi connectivity index (χ2v) is 5.86. The fourth-order valence-electron chi connectivity index (χ4n) is 2.68. The number of rotatable bonds is 4. The normalized spacial score (nSPS) is 11.0. The summed E-state index contributed by atoms with van der Waals surface area (Å²) in [5.74, 6) is 0.384. The van der Waals surface area contributed by atoms with Crippen molar-refractivity contribution in [3.05, 3.63) is 90.5 Å². The average molecular weight is 352 g/mol. The standard InChI is InChI=1S/C22H16N4O/c27-19-14-8-7-13-18(19)15-23-22-24-20(16-9-3-1-4-10-16)21(25-26-22)17-11-5-2-6-12-17/h1-15,27H. The van der Waals surface area contributed by atoms with E-state index in [1.807, 2.05) is 66.7 Å². The van der Waals surface area contributed by atoms with E-state index in [-0.39, 0.29) is 11.7 Å². The number of para-hydroxylation sites is 1. The number of aromatic hydroxyl groups is 1. The third-order valence-electron chi connectivity index (χ3n) is 4.03. The Bertz CT molecular complexity index is 1080. The van der Waals surface area contributed by atoms with Crippen LogP contribution in [0.1, 0.15) is 5.56 Å². The predicted molar refractivity (Wildman–Crippen MR) is 106 cm³/mol. The zero-order chi connectivity index (χ0) is 18.5. The van der Waals surface area contributed by atoms with Gasteiger partial charge in [0, 0.05) is 22.9 Å². The summed E-state index contributed by atoms with van der Waals surface area (Å²) in [6.45, 7) is 0. The first-order chi connectivity index (χ1) is 13.3. The lowest BCUT2D eigenvalue weighted by atomic mass is 10.0. The lowest BCUT2D eigenvalue weighted by Crippen LogP contribution is -1.97. The molecule has 130 valence electrons. The molecule has 0 spiro atoms. The van der Waals surface area contributed by atoms with Gasteiger partial charge < -0.3 is 5.11 Å². The minimum absolute atomic E-state index is 0.151. The van der Waals surface area contributed by atoms with Crippen LogP contribution in [0.2, 0.25) is 0 Å². The number of hydrogen-bond donors (Lipinski definition) is 1. The van der Waals surface area contributed by atoms with Crippen LogP contribution in [0.5, 0.6) is 5.75 Å². The van der Waals surface area contributed by atoms with Crippen molar-refractivity contribution in [3.63, 3.8) is 0 Å². The molecule has 5 nitrogen and oxygen atoms in total. The molecule has 0 saturated carbocycles. The maximum atomic E-state index is 9.87. The molecule has 0 fully saturated rings. The van der Waals surface area contributed by atoms with Crippen molar-refractivity contribution < 1.29 is 5.11 Å². The van der Waals surface area contributed by atoms with E-state index in [0.717, 1.165) is 11.1 Å². The molecule has 27 heavy (non-hydrogen) atoms. The highest BCUT2D eigenvalue weighted by molar-refractivity contribution is 5.85. The Balaban J connectivity index is 1.79. The molecule has 1 heterocycles. The molecule has 4 aromatic rings. The predicted octanol–water partition coefficient (Wildman–Crippen LogP) is 4.66. The highest BCUT2D eigenvalue weighted by Gasteiger charge is 2.13. The minimum Gasteiger partial charge on any atom is -0.507 e. The topological polar surface area (TPSA) is 71.3 Å². The molecule has 1 N–H and O–H groups in total. The van der Waals surface area contributed by atoms with Gasteiger partial charge in [-0.25, -0.2) is 9.98 Å². The van der Waals surface area contributed by atoms with Crippen molar-refractivity contribution in [3.8, 4) is 28.3 Å². The molecule has 4 rings (SSSR count). The summed E-state index contributed by atoms with van der Waals surface area (Å²) >= 11 is 0. The van der Waals surface area contributed by atoms with Crippen LogP contribution >= 0.6 is 0 Å². The van der Waals surface area contributed by atoms with E-state index >= 15 is 0 Å². The van der Waals surface area contributed by atoms with Gasteiger partial charge in [-0.05, 0) is 12.1 Å². The van der Waals surface area contributed by atoms with Gasteiger partial charge in [0.25, 0.3) is 5.95 Å². The van der Waals surface area contributed by atoms with Gasteiger partial charge in [0.15, 0.2) is 0 Å². The smallest absolute Gasteiger partial charge is 0.269 e. The van der Waals surface area contributed by atoms with Gasteiger partial charge in [0.1, 0.15) is 17.1 Å². The van der Waals surface area contributed by atoms with Crippen molar-refractivity contribution in [2.75, 3.05) is 0 Å². The van der Waals surface area contributed by atoms with Crippen LogP contribution in [-0.2, 0) is 0 Å². The molecule has 0 amide bonds. The Morgan fingerprint density at radius 1 is 0.667 bits per heavy atom. The van der Waals surface area contributed by atoms with Gasteiger partial charge >= 0.3 is 0 Å². The Kier molecular flexibility index (Phi) is 4.66. The van der Waals surface area contributed by atoms with Crippen LogP contribution < -0.4 is 0 Å². The largest absolute Gasteiger partial charge is 0.507 e. The summed E-state index contributed by atoms with van der Waals surface area (Å²) in [4.78, 5) is 8.90. The number of phenols is 1. The summed E-state index contributed by atoms with van der Waals surface area (Å²) in [7, 11) is 0. The lowest BCUT2D eigenvalue weighted by molar-refractivity contribution is 0.474. The summed E-state index contributed by atoms with van der Waals surface area (Å²) in [6, 6.07) is 26.6. The van der Waals surface area contributed by atoms with Crippen LogP contribution in [0.3, 0.4) is 0 Å². The van der Waals surface area contributed by atoms with Crippen molar-refractivity contribution in [1.82, 2.24) is 15.2 Å². The third kappa shape index (κ3) is 3.72. The van der Waals surface area contributed by atoms with E-state index < -0.39 is 0 Å². The molecule has 0 saturated heterocycles. The molecule has 0 aliphatic heterocycles. The van der Waals surface area contributed by atoms with E-state index in [1.165, 1.54) is 6.21 Å². The van der Waals surface area contributed by atoms with Crippen molar-refractivity contribution in [2.24, 2.45) is 4.99 Å². The molecule has 3 aromatic carbocycles. The molecular formula is C22H16N4O. The zero-order valence-electron chi connectivity index (χ0n) is 14.4. The summed E-state index contributed by atoms with van der Waals surface area (Å²) in [5.41, 5.74) is 3.87. The van der Waals surface area contributed by atoms with E-state index in [0.29, 0.717) is 17.0 Å². The van der Waals surface area contributed by atoms with Crippen LogP contribution in [0.15, 0.2) is 89.9 Å². The van der Waals surface area contributed by atoms with Crippen LogP contribution in [0.4, 0.5) is 5.95 Å². The number of hydrogen-bond acceptors (Lipinski definition) is 5. The SMILES string of the molecule is Oc1ccccc1C=Nc1nnc(-c2ccccc2)c(-c2ccccc2)n1. The molecule has 0 aliphatic carbocycles. The number of aliphatic imine (C=N–C) groups is 1. The van der Waals surface area contributed by atoms with E-state index in [9.17, 15) is 5.11 Å². The molecule has 0 aliphatic rings. The molecular weight excluding hydrogens is 336 g/mol. The maximum absolute atomic E-state index is 9.87. The summed E-state index contributed by atoms with van der Waals surface area (Å²) in [6.07, 6.45) is 1.53. The molecule has 5 heteroatoms. The second-order valence-electron chi connectivity index (χ2n) is 5.86. The van der Waals surface area contributed by atoms with E-state index in [2.05, 4.69) is 20.2 Å². The van der Waals surface area contributed by atoms with Crippen LogP contribution in [0, 0.1) is 0 Å². The van der Waals surface area contributed by atoms with Gasteiger partial charge in [0.2, 0.25) is 0 Å². The van der Waals surface area contributed by atoms with E-state index in [1.54, 1.807) is 18.2 Å². The number of nitrogens with zero attached hydrogens (tertiary/aromatic N) is 4. The number of aromatic nitrogens is 3. The first-order valence-corrected chi connectivity index (χ1v) is 8.49. The number of phenolic OH excluding ortho intramolecular Hbond substituents is 1. The molecule has 0 bridgehead atoms. The van der Waals surface area contributed by atoms with Gasteiger partial charge in [-0.3, -0.25) is 0 Å². The lowest BCUT2D eigenvalue weighted by Gasteiger charge is -2.08. The van der Waals surface area contributed by atoms with Crippen LogP contribution in [0.25, 0.3) is 22.5 Å². The summed E-state index contributed by atoms with van der Waals surface area (Å²) in [5, 5.41) is 18.4. The Morgan fingerprint density at radius 3 is 1.93 bits per heavy atom. The minimum atomic E-state index is 0.151. The Hall–Kier alpha value is -3.86. The first kappa shape index (κ1) is 16.6. The fraction of sp³-hybridized carbons (Fsp3) is 0. The third-order valence-corrected chi connectivity index (χ3v) is 4.03. The Labute approximate surface area is 156 Å². The molecule has 0 atom stereocenters. The highest BCUT2D eigenvalue weighted by Crippen LogP contribution is 2.29. The van der Waals surface area contributed by atoms with Gasteiger partial charge in [-0.2, -0.15) is 0 Å². The van der Waals surface area contributed by atoms with Crippen molar-refractivity contribution in [2.45, 2.75) is 0 Å². The Morgan fingerprint density at radius 2 is 1.26 bits per heavy atom. The van der Waals surface area contributed by atoms with Crippen molar-refractivity contribution >= 4 is 12.2 Å². The van der Waals surface area contributed by atoms with Crippen LogP contribution in [-0.4, -0.2) is 26.5 Å². The van der Waals surface area contributed by atoms with Gasteiger partial charge in [0.05, 0.1) is 0 Å². The monoisotopic (exact) mass is 352 g/mol. The van der Waals surface area contributed by atoms with Gasteiger partial charge in [-0.15, -0.1) is 10.2 Å². The van der Waals surface area contributed by atoms with Gasteiger partial charge in [-0.1, -0.05) is 72.8 Å². The summed E-state index contributed by atoms with van der Waals surface area (Å²) < 4.78 is 0. The molecule has 0 radical (unpaired) electrons. The first-order valence-electron chi connectivity index (χ1n) is 8.49. The number of benzene rings is 3. The maximum Gasteiger partial charge on any atom is 0.269 e. The fourth-order valence-corrected chi connectivity index (χ4v) is 2.68. The quantitative estimate of drug-likeness (QED) is 0.542. The van der Waals surface area contributed by atoms with E-state index in [4.69, 9.17) is 0 Å². The highest BCUT2D eigenvalue weighted by atomic mass is 16.3. The molecule has 1 aromatic heterocycles. The second kappa shape index (κ2) is 7.58. The molecule has 0 unspecified atom stereocenters. The average Bonchev–Trinajstić information content (AvgIpc) is 2.74.